The lowest BCUT2D eigenvalue weighted by molar-refractivity contribution is 1.00. The Hall–Kier alpha value is -1.26. The molecule has 1 aromatic rings. The summed E-state index contributed by atoms with van der Waals surface area (Å²) in [4.78, 5) is 4.63. The summed E-state index contributed by atoms with van der Waals surface area (Å²) < 4.78 is 0. The third kappa shape index (κ3) is 3.93. The highest BCUT2D eigenvalue weighted by Gasteiger charge is 2.17. The Bertz CT molecular complexity index is 661. The molecule has 0 spiro atoms. The summed E-state index contributed by atoms with van der Waals surface area (Å²) in [5.74, 6) is 0. The van der Waals surface area contributed by atoms with E-state index in [1.165, 1.54) is 5.57 Å². The van der Waals surface area contributed by atoms with E-state index in [2.05, 4.69) is 28.5 Å². The van der Waals surface area contributed by atoms with Crippen LogP contribution in [-0.2, 0) is 0 Å². The zero-order valence-corrected chi connectivity index (χ0v) is 14.3. The Labute approximate surface area is 147 Å². The maximum atomic E-state index is 6.15. The maximum Gasteiger partial charge on any atom is 0.0756 e. The molecule has 0 radical (unpaired) electrons. The van der Waals surface area contributed by atoms with Crippen molar-refractivity contribution in [3.8, 4) is 0 Å². The average Bonchev–Trinajstić information content (AvgIpc) is 2.67. The van der Waals surface area contributed by atoms with Crippen molar-refractivity contribution in [2.75, 3.05) is 11.9 Å². The van der Waals surface area contributed by atoms with Gasteiger partial charge in [0.2, 0.25) is 0 Å². The quantitative estimate of drug-likeness (QED) is 0.819. The van der Waals surface area contributed by atoms with Gasteiger partial charge in [0.1, 0.15) is 0 Å². The molecular weight excluding hydrogens is 341 g/mol. The van der Waals surface area contributed by atoms with Crippen molar-refractivity contribution in [3.05, 3.63) is 64.5 Å². The van der Waals surface area contributed by atoms with Crippen LogP contribution in [0.4, 0.5) is 5.69 Å². The number of nitrogens with zero attached hydrogens (tertiary/aromatic N) is 1. The number of rotatable bonds is 2. The molecule has 2 aliphatic rings. The normalized spacial score (nSPS) is 15.8. The highest BCUT2D eigenvalue weighted by molar-refractivity contribution is 6.31. The molecule has 1 aromatic carbocycles. The van der Waals surface area contributed by atoms with Gasteiger partial charge in [-0.05, 0) is 36.6 Å². The van der Waals surface area contributed by atoms with E-state index in [-0.39, 0.29) is 24.8 Å². The Kier molecular flexibility index (Phi) is 7.17. The Morgan fingerprint density at radius 2 is 2.09 bits per heavy atom. The van der Waals surface area contributed by atoms with Crippen LogP contribution in [0.15, 0.2) is 58.9 Å². The number of nitrogens with one attached hydrogen (secondary N) is 1. The molecule has 22 heavy (non-hydrogen) atoms. The number of hydrogen-bond donors (Lipinski definition) is 2. The number of allylic oxidation sites excluding steroid dienone is 4. The monoisotopic (exact) mass is 357 g/mol. The number of benzene rings is 1. The van der Waals surface area contributed by atoms with Crippen LogP contribution in [0.1, 0.15) is 18.4 Å². The number of halogens is 3. The third-order valence-corrected chi connectivity index (χ3v) is 3.65. The van der Waals surface area contributed by atoms with Crippen LogP contribution >= 0.6 is 36.4 Å². The smallest absolute Gasteiger partial charge is 0.0756 e. The van der Waals surface area contributed by atoms with Crippen LogP contribution < -0.4 is 11.1 Å². The van der Waals surface area contributed by atoms with E-state index in [1.54, 1.807) is 0 Å². The van der Waals surface area contributed by atoms with Gasteiger partial charge in [-0.2, -0.15) is 0 Å². The van der Waals surface area contributed by atoms with Crippen molar-refractivity contribution in [2.45, 2.75) is 12.8 Å². The third-order valence-electron chi connectivity index (χ3n) is 3.42. The predicted molar refractivity (Wildman–Crippen MR) is 99.7 cm³/mol. The first-order chi connectivity index (χ1) is 9.78. The van der Waals surface area contributed by atoms with E-state index >= 15 is 0 Å². The molecule has 1 heterocycles. The van der Waals surface area contributed by atoms with Crippen molar-refractivity contribution in [1.29, 1.82) is 0 Å². The lowest BCUT2D eigenvalue weighted by atomic mass is 9.94. The summed E-state index contributed by atoms with van der Waals surface area (Å²) >= 11 is 6.15. The van der Waals surface area contributed by atoms with Crippen molar-refractivity contribution in [3.63, 3.8) is 0 Å². The van der Waals surface area contributed by atoms with Gasteiger partial charge in [-0.3, -0.25) is 4.99 Å². The van der Waals surface area contributed by atoms with E-state index in [0.29, 0.717) is 11.6 Å². The van der Waals surface area contributed by atoms with Crippen LogP contribution in [0, 0.1) is 0 Å². The molecule has 0 saturated carbocycles. The largest absolute Gasteiger partial charge is 0.356 e. The van der Waals surface area contributed by atoms with E-state index < -0.39 is 0 Å². The first kappa shape index (κ1) is 18.8. The number of anilines is 1. The fraction of sp³-hybridized carbons (Fsp3) is 0.188. The number of nitrogens with two attached hydrogens (primary N) is 1. The highest BCUT2D eigenvalue weighted by Crippen LogP contribution is 2.29. The fourth-order valence-corrected chi connectivity index (χ4v) is 2.57. The highest BCUT2D eigenvalue weighted by atomic mass is 35.5. The fourth-order valence-electron chi connectivity index (χ4n) is 2.40. The van der Waals surface area contributed by atoms with Gasteiger partial charge in [0.05, 0.1) is 5.71 Å². The van der Waals surface area contributed by atoms with E-state index in [1.807, 2.05) is 24.4 Å². The molecular formula is C16H18Cl3N3. The van der Waals surface area contributed by atoms with Gasteiger partial charge in [0, 0.05) is 34.7 Å². The summed E-state index contributed by atoms with van der Waals surface area (Å²) in [6, 6.07) is 5.80. The zero-order chi connectivity index (χ0) is 13.9. The average molecular weight is 359 g/mol. The Balaban J connectivity index is 0.00000121. The summed E-state index contributed by atoms with van der Waals surface area (Å²) in [5.41, 5.74) is 10.9. The minimum absolute atomic E-state index is 0. The molecule has 0 amide bonds. The van der Waals surface area contributed by atoms with Gasteiger partial charge in [-0.1, -0.05) is 29.8 Å². The zero-order valence-electron chi connectivity index (χ0n) is 11.9. The molecule has 0 fully saturated rings. The van der Waals surface area contributed by atoms with Crippen LogP contribution in [0.25, 0.3) is 0 Å². The molecule has 6 heteroatoms. The lowest BCUT2D eigenvalue weighted by Crippen LogP contribution is -2.12. The second-order valence-electron chi connectivity index (χ2n) is 4.81. The standard InChI is InChI=1S/C16H16ClN3.2ClH/c17-12-6-7-15-14(8-12)16(11-4-2-1-3-5-11)19-10-13(9-18)20-15;;/h1-2,4,6-8,10,20H,3,5,9,18H2;2*1H. The summed E-state index contributed by atoms with van der Waals surface area (Å²) in [6.45, 7) is 0.428. The molecule has 3 rings (SSSR count). The molecule has 1 aliphatic carbocycles. The van der Waals surface area contributed by atoms with Crippen LogP contribution in [-0.4, -0.2) is 12.3 Å². The van der Waals surface area contributed by atoms with Crippen molar-refractivity contribution < 1.29 is 0 Å². The second kappa shape index (κ2) is 8.39. The number of aliphatic imine (C=N–C) groups is 1. The number of hydrogen-bond acceptors (Lipinski definition) is 3. The van der Waals surface area contributed by atoms with Crippen LogP contribution in [0.2, 0.25) is 5.02 Å². The van der Waals surface area contributed by atoms with E-state index in [4.69, 9.17) is 17.3 Å². The maximum absolute atomic E-state index is 6.15. The van der Waals surface area contributed by atoms with Gasteiger partial charge in [0.25, 0.3) is 0 Å². The van der Waals surface area contributed by atoms with Gasteiger partial charge >= 0.3 is 0 Å². The Morgan fingerprint density at radius 1 is 1.27 bits per heavy atom. The van der Waals surface area contributed by atoms with Crippen molar-refractivity contribution in [2.24, 2.45) is 10.7 Å². The lowest BCUT2D eigenvalue weighted by Gasteiger charge is -2.15. The van der Waals surface area contributed by atoms with Crippen molar-refractivity contribution in [1.82, 2.24) is 0 Å². The van der Waals surface area contributed by atoms with Gasteiger partial charge in [0.15, 0.2) is 0 Å². The molecule has 1 aliphatic heterocycles. The van der Waals surface area contributed by atoms with Gasteiger partial charge < -0.3 is 11.1 Å². The van der Waals surface area contributed by atoms with Crippen molar-refractivity contribution >= 4 is 47.8 Å². The topological polar surface area (TPSA) is 50.4 Å². The number of fused-ring (bicyclic) bond motifs is 1. The molecule has 0 atom stereocenters. The molecule has 3 nitrogen and oxygen atoms in total. The summed E-state index contributed by atoms with van der Waals surface area (Å²) in [5, 5.41) is 4.03. The summed E-state index contributed by atoms with van der Waals surface area (Å²) in [6.07, 6.45) is 10.2. The molecule has 118 valence electrons. The van der Waals surface area contributed by atoms with E-state index in [0.717, 1.165) is 35.5 Å². The molecule has 3 N–H and O–H groups in total. The second-order valence-corrected chi connectivity index (χ2v) is 5.25. The predicted octanol–water partition coefficient (Wildman–Crippen LogP) is 4.47. The van der Waals surface area contributed by atoms with Gasteiger partial charge in [-0.25, -0.2) is 0 Å². The first-order valence-corrected chi connectivity index (χ1v) is 7.05. The first-order valence-electron chi connectivity index (χ1n) is 6.68. The molecule has 0 bridgehead atoms. The van der Waals surface area contributed by atoms with Crippen LogP contribution in [0.3, 0.4) is 0 Å². The SMILES string of the molecule is Cl.Cl.NCC1=CN=C(C2=CC=CCC2)c2cc(Cl)ccc2N1. The van der Waals surface area contributed by atoms with Crippen LogP contribution in [0.5, 0.6) is 0 Å². The summed E-state index contributed by atoms with van der Waals surface area (Å²) in [7, 11) is 0. The molecule has 0 saturated heterocycles. The minimum atomic E-state index is 0. The Morgan fingerprint density at radius 3 is 2.77 bits per heavy atom. The minimum Gasteiger partial charge on any atom is -0.356 e. The van der Waals surface area contributed by atoms with Gasteiger partial charge in [-0.15, -0.1) is 24.8 Å². The molecule has 0 unspecified atom stereocenters. The van der Waals surface area contributed by atoms with E-state index in [9.17, 15) is 0 Å². The molecule has 0 aromatic heterocycles.